The molecule has 1 atom stereocenters. The van der Waals surface area contributed by atoms with Gasteiger partial charge >= 0.3 is 0 Å². The predicted octanol–water partition coefficient (Wildman–Crippen LogP) is 1.63. The maximum atomic E-state index is 12.8. The number of aromatic nitrogens is 3. The van der Waals surface area contributed by atoms with Crippen LogP contribution in [0, 0.1) is 0 Å². The molecule has 0 saturated carbocycles. The van der Waals surface area contributed by atoms with Crippen molar-refractivity contribution in [3.8, 4) is 11.8 Å². The molecule has 1 amide bonds. The minimum Gasteiger partial charge on any atom is -0.477 e. The molecule has 3 heterocycles. The average molecular weight is 357 g/mol. The summed E-state index contributed by atoms with van der Waals surface area (Å²) in [4.78, 5) is 20.6. The highest BCUT2D eigenvalue weighted by Gasteiger charge is 2.30. The van der Waals surface area contributed by atoms with E-state index in [2.05, 4.69) is 15.2 Å². The maximum Gasteiger partial charge on any atom is 0.259 e. The number of pyridine rings is 1. The van der Waals surface area contributed by atoms with Crippen LogP contribution < -0.4 is 14.4 Å². The highest BCUT2D eigenvalue weighted by atomic mass is 16.5. The maximum absolute atomic E-state index is 12.8. The summed E-state index contributed by atoms with van der Waals surface area (Å²) in [5, 5.41) is 8.18. The molecule has 1 saturated heterocycles. The zero-order valence-corrected chi connectivity index (χ0v) is 15.3. The third-order valence-corrected chi connectivity index (χ3v) is 4.09. The molecule has 0 N–H and O–H groups in total. The second kappa shape index (κ2) is 7.99. The van der Waals surface area contributed by atoms with Crippen molar-refractivity contribution in [3.63, 3.8) is 0 Å². The fraction of sp³-hybridized carbons (Fsp3) is 0.444. The number of likely N-dealkylation sites (tertiary alicyclic amines) is 1. The van der Waals surface area contributed by atoms with Crippen LogP contribution >= 0.6 is 0 Å². The van der Waals surface area contributed by atoms with E-state index >= 15 is 0 Å². The van der Waals surface area contributed by atoms with Crippen molar-refractivity contribution >= 4 is 11.7 Å². The fourth-order valence-electron chi connectivity index (χ4n) is 2.77. The number of hydrogen-bond donors (Lipinski definition) is 0. The molecular weight excluding hydrogens is 334 g/mol. The summed E-state index contributed by atoms with van der Waals surface area (Å²) in [6.45, 7) is 3.44. The predicted molar refractivity (Wildman–Crippen MR) is 96.7 cm³/mol. The van der Waals surface area contributed by atoms with E-state index in [-0.39, 0.29) is 12.0 Å². The summed E-state index contributed by atoms with van der Waals surface area (Å²) in [6.07, 6.45) is 2.26. The number of anilines is 1. The molecule has 1 aliphatic rings. The Bertz CT molecular complexity index is 751. The molecule has 1 fully saturated rings. The molecule has 0 aromatic carbocycles. The average Bonchev–Trinajstić information content (AvgIpc) is 3.11. The Labute approximate surface area is 152 Å². The first-order valence-electron chi connectivity index (χ1n) is 8.63. The SMILES string of the molecule is CCOc1ncccc1C(=O)N1CCC(Oc2ccc(N(C)C)nn2)C1. The number of carbonyl (C=O) groups excluding carboxylic acids is 1. The first-order valence-corrected chi connectivity index (χ1v) is 8.63. The van der Waals surface area contributed by atoms with Gasteiger partial charge in [0.1, 0.15) is 11.7 Å². The van der Waals surface area contributed by atoms with Gasteiger partial charge in [0.05, 0.1) is 13.2 Å². The van der Waals surface area contributed by atoms with Crippen molar-refractivity contribution in [2.75, 3.05) is 38.7 Å². The molecule has 2 aromatic heterocycles. The summed E-state index contributed by atoms with van der Waals surface area (Å²) in [7, 11) is 3.81. The summed E-state index contributed by atoms with van der Waals surface area (Å²) in [5.41, 5.74) is 0.477. The molecule has 0 spiro atoms. The molecule has 2 aromatic rings. The molecule has 8 nitrogen and oxygen atoms in total. The minimum absolute atomic E-state index is 0.0957. The standard InChI is InChI=1S/C18H23N5O3/c1-4-25-17-14(6-5-10-19-17)18(24)23-11-9-13(12-23)26-16-8-7-15(20-21-16)22(2)3/h5-8,10,13H,4,9,11-12H2,1-3H3. The van der Waals surface area contributed by atoms with Crippen molar-refractivity contribution < 1.29 is 14.3 Å². The molecule has 1 unspecified atom stereocenters. The Hall–Kier alpha value is -2.90. The van der Waals surface area contributed by atoms with Crippen LogP contribution in [0.25, 0.3) is 0 Å². The van der Waals surface area contributed by atoms with Gasteiger partial charge in [0.25, 0.3) is 5.91 Å². The van der Waals surface area contributed by atoms with Crippen LogP contribution in [-0.4, -0.2) is 65.9 Å². The number of ether oxygens (including phenoxy) is 2. The Morgan fingerprint density at radius 1 is 1.31 bits per heavy atom. The van der Waals surface area contributed by atoms with E-state index in [4.69, 9.17) is 9.47 Å². The number of hydrogen-bond acceptors (Lipinski definition) is 7. The van der Waals surface area contributed by atoms with E-state index in [1.54, 1.807) is 29.3 Å². The van der Waals surface area contributed by atoms with E-state index in [9.17, 15) is 4.79 Å². The Kier molecular flexibility index (Phi) is 5.50. The van der Waals surface area contributed by atoms with Gasteiger partial charge in [-0.15, -0.1) is 10.2 Å². The number of nitrogens with zero attached hydrogens (tertiary/aromatic N) is 5. The third kappa shape index (κ3) is 4.01. The number of rotatable bonds is 6. The van der Waals surface area contributed by atoms with Crippen LogP contribution in [0.2, 0.25) is 0 Å². The Morgan fingerprint density at radius 2 is 2.15 bits per heavy atom. The zero-order chi connectivity index (χ0) is 18.5. The largest absolute Gasteiger partial charge is 0.477 e. The normalized spacial score (nSPS) is 16.4. The van der Waals surface area contributed by atoms with E-state index in [1.807, 2.05) is 32.0 Å². The second-order valence-electron chi connectivity index (χ2n) is 6.19. The van der Waals surface area contributed by atoms with Gasteiger partial charge in [-0.1, -0.05) is 0 Å². The van der Waals surface area contributed by atoms with Gasteiger partial charge in [0, 0.05) is 39.3 Å². The van der Waals surface area contributed by atoms with Gasteiger partial charge in [-0.05, 0) is 25.1 Å². The molecule has 0 aliphatic carbocycles. The monoisotopic (exact) mass is 357 g/mol. The van der Waals surface area contributed by atoms with Crippen LogP contribution in [0.15, 0.2) is 30.5 Å². The van der Waals surface area contributed by atoms with Crippen molar-refractivity contribution in [2.24, 2.45) is 0 Å². The van der Waals surface area contributed by atoms with E-state index in [1.165, 1.54) is 0 Å². The van der Waals surface area contributed by atoms with Crippen molar-refractivity contribution in [3.05, 3.63) is 36.0 Å². The van der Waals surface area contributed by atoms with Crippen LogP contribution in [0.1, 0.15) is 23.7 Å². The Balaban J connectivity index is 1.62. The van der Waals surface area contributed by atoms with Crippen molar-refractivity contribution in [1.29, 1.82) is 0 Å². The molecule has 0 radical (unpaired) electrons. The van der Waals surface area contributed by atoms with Crippen LogP contribution in [-0.2, 0) is 0 Å². The van der Waals surface area contributed by atoms with E-state index in [0.29, 0.717) is 37.0 Å². The van der Waals surface area contributed by atoms with Crippen molar-refractivity contribution in [1.82, 2.24) is 20.1 Å². The third-order valence-electron chi connectivity index (χ3n) is 4.09. The molecule has 8 heteroatoms. The highest BCUT2D eigenvalue weighted by molar-refractivity contribution is 5.96. The summed E-state index contributed by atoms with van der Waals surface area (Å²) < 4.78 is 11.3. The van der Waals surface area contributed by atoms with Crippen LogP contribution in [0.3, 0.4) is 0 Å². The highest BCUT2D eigenvalue weighted by Crippen LogP contribution is 2.22. The number of amides is 1. The summed E-state index contributed by atoms with van der Waals surface area (Å²) in [5.74, 6) is 1.50. The minimum atomic E-state index is -0.106. The van der Waals surface area contributed by atoms with Gasteiger partial charge in [0.2, 0.25) is 11.8 Å². The van der Waals surface area contributed by atoms with Gasteiger partial charge in [-0.25, -0.2) is 4.98 Å². The molecular formula is C18H23N5O3. The van der Waals surface area contributed by atoms with Crippen LogP contribution in [0.5, 0.6) is 11.8 Å². The fourth-order valence-corrected chi connectivity index (χ4v) is 2.77. The van der Waals surface area contributed by atoms with Gasteiger partial charge in [0.15, 0.2) is 5.82 Å². The molecule has 138 valence electrons. The summed E-state index contributed by atoms with van der Waals surface area (Å²) >= 11 is 0. The zero-order valence-electron chi connectivity index (χ0n) is 15.3. The van der Waals surface area contributed by atoms with Gasteiger partial charge in [-0.2, -0.15) is 0 Å². The molecule has 3 rings (SSSR count). The van der Waals surface area contributed by atoms with Gasteiger partial charge in [-0.3, -0.25) is 4.79 Å². The first kappa shape index (κ1) is 17.9. The van der Waals surface area contributed by atoms with Gasteiger partial charge < -0.3 is 19.3 Å². The lowest BCUT2D eigenvalue weighted by molar-refractivity contribution is 0.0766. The number of carbonyl (C=O) groups is 1. The topological polar surface area (TPSA) is 80.7 Å². The first-order chi connectivity index (χ1) is 12.6. The lowest BCUT2D eigenvalue weighted by atomic mass is 10.2. The van der Waals surface area contributed by atoms with Crippen molar-refractivity contribution in [2.45, 2.75) is 19.4 Å². The lowest BCUT2D eigenvalue weighted by Crippen LogP contribution is -2.31. The second-order valence-corrected chi connectivity index (χ2v) is 6.19. The molecule has 0 bridgehead atoms. The van der Waals surface area contributed by atoms with Crippen LogP contribution in [0.4, 0.5) is 5.82 Å². The Morgan fingerprint density at radius 3 is 2.85 bits per heavy atom. The summed E-state index contributed by atoms with van der Waals surface area (Å²) in [6, 6.07) is 7.12. The lowest BCUT2D eigenvalue weighted by Gasteiger charge is -2.18. The smallest absolute Gasteiger partial charge is 0.259 e. The van der Waals surface area contributed by atoms with E-state index in [0.717, 1.165) is 12.2 Å². The van der Waals surface area contributed by atoms with E-state index < -0.39 is 0 Å². The molecule has 1 aliphatic heterocycles. The quantitative estimate of drug-likeness (QED) is 0.777. The molecule has 26 heavy (non-hydrogen) atoms.